The zero-order chi connectivity index (χ0) is 17.0. The number of hydrogen-bond donors (Lipinski definition) is 3. The molecule has 23 heavy (non-hydrogen) atoms. The summed E-state index contributed by atoms with van der Waals surface area (Å²) in [6.07, 6.45) is 1.40. The molecule has 1 aromatic heterocycles. The molecule has 0 saturated carbocycles. The third-order valence-electron chi connectivity index (χ3n) is 3.03. The Morgan fingerprint density at radius 2 is 1.96 bits per heavy atom. The van der Waals surface area contributed by atoms with E-state index >= 15 is 0 Å². The van der Waals surface area contributed by atoms with Crippen LogP contribution in [-0.4, -0.2) is 24.3 Å². The van der Waals surface area contributed by atoms with Crippen molar-refractivity contribution >= 4 is 35.0 Å². The largest absolute Gasteiger partial charge is 0.469 e. The molecule has 0 bridgehead atoms. The summed E-state index contributed by atoms with van der Waals surface area (Å²) in [6, 6.07) is 5.83. The third-order valence-corrected chi connectivity index (χ3v) is 3.34. The molecule has 0 aliphatic heterocycles. The molecular weight excluding hydrogens is 322 g/mol. The van der Waals surface area contributed by atoms with Gasteiger partial charge in [0.2, 0.25) is 11.8 Å². The standard InChI is InChI=1S/C15H14ClN3O4/c1-8-10(4-5-23-8)15(22)18-7-13(20)19-9-2-3-11(14(17)21)12(16)6-9/h2-6H,7H2,1H3,(H2,17,21)(H,18,22)(H,19,20). The number of halogens is 1. The monoisotopic (exact) mass is 335 g/mol. The minimum atomic E-state index is -0.657. The molecule has 0 aliphatic rings. The molecular formula is C15H14ClN3O4. The lowest BCUT2D eigenvalue weighted by atomic mass is 10.2. The second-order valence-corrected chi connectivity index (χ2v) is 5.09. The van der Waals surface area contributed by atoms with Gasteiger partial charge in [0.1, 0.15) is 5.76 Å². The fourth-order valence-corrected chi connectivity index (χ4v) is 2.15. The number of hydrogen-bond acceptors (Lipinski definition) is 4. The van der Waals surface area contributed by atoms with E-state index in [2.05, 4.69) is 10.6 Å². The zero-order valence-electron chi connectivity index (χ0n) is 12.2. The van der Waals surface area contributed by atoms with E-state index in [9.17, 15) is 14.4 Å². The van der Waals surface area contributed by atoms with Crippen molar-refractivity contribution in [1.82, 2.24) is 5.32 Å². The van der Waals surface area contributed by atoms with Crippen LogP contribution in [0, 0.1) is 6.92 Å². The van der Waals surface area contributed by atoms with Crippen molar-refractivity contribution in [2.24, 2.45) is 5.73 Å². The number of benzene rings is 1. The number of carbonyl (C=O) groups is 3. The van der Waals surface area contributed by atoms with Gasteiger partial charge in [0, 0.05) is 5.69 Å². The summed E-state index contributed by atoms with van der Waals surface area (Å²) >= 11 is 5.89. The molecule has 0 fully saturated rings. The molecule has 3 amide bonds. The number of anilines is 1. The van der Waals surface area contributed by atoms with Crippen LogP contribution < -0.4 is 16.4 Å². The Labute approximate surface area is 136 Å². The Bertz CT molecular complexity index is 770. The molecule has 1 heterocycles. The first kappa shape index (κ1) is 16.6. The predicted molar refractivity (Wildman–Crippen MR) is 84.4 cm³/mol. The molecule has 0 radical (unpaired) electrons. The van der Waals surface area contributed by atoms with Crippen LogP contribution in [0.15, 0.2) is 34.9 Å². The molecule has 0 unspecified atom stereocenters. The van der Waals surface area contributed by atoms with Crippen LogP contribution >= 0.6 is 11.6 Å². The maximum atomic E-state index is 11.8. The van der Waals surface area contributed by atoms with E-state index in [4.69, 9.17) is 21.8 Å². The maximum Gasteiger partial charge on any atom is 0.255 e. The highest BCUT2D eigenvalue weighted by molar-refractivity contribution is 6.34. The molecule has 2 rings (SSSR count). The van der Waals surface area contributed by atoms with Gasteiger partial charge in [-0.15, -0.1) is 0 Å². The van der Waals surface area contributed by atoms with E-state index < -0.39 is 17.7 Å². The van der Waals surface area contributed by atoms with Gasteiger partial charge in [0.05, 0.1) is 29.0 Å². The smallest absolute Gasteiger partial charge is 0.255 e. The highest BCUT2D eigenvalue weighted by Gasteiger charge is 2.13. The molecule has 0 aliphatic carbocycles. The molecule has 2 aromatic rings. The topological polar surface area (TPSA) is 114 Å². The average Bonchev–Trinajstić information content (AvgIpc) is 2.90. The molecule has 120 valence electrons. The van der Waals surface area contributed by atoms with Gasteiger partial charge in [-0.3, -0.25) is 14.4 Å². The summed E-state index contributed by atoms with van der Waals surface area (Å²) in [4.78, 5) is 34.7. The highest BCUT2D eigenvalue weighted by Crippen LogP contribution is 2.20. The normalized spacial score (nSPS) is 10.2. The van der Waals surface area contributed by atoms with Crippen molar-refractivity contribution in [2.75, 3.05) is 11.9 Å². The second kappa shape index (κ2) is 6.97. The van der Waals surface area contributed by atoms with Gasteiger partial charge in [-0.05, 0) is 31.2 Å². The van der Waals surface area contributed by atoms with E-state index in [0.29, 0.717) is 17.0 Å². The quantitative estimate of drug-likeness (QED) is 0.771. The van der Waals surface area contributed by atoms with Crippen molar-refractivity contribution in [3.8, 4) is 0 Å². The summed E-state index contributed by atoms with van der Waals surface area (Å²) in [5.41, 5.74) is 6.06. The molecule has 0 saturated heterocycles. The zero-order valence-corrected chi connectivity index (χ0v) is 12.9. The highest BCUT2D eigenvalue weighted by atomic mass is 35.5. The first-order valence-corrected chi connectivity index (χ1v) is 6.97. The number of rotatable bonds is 5. The summed E-state index contributed by atoms with van der Waals surface area (Å²) in [7, 11) is 0. The molecule has 8 heteroatoms. The molecule has 7 nitrogen and oxygen atoms in total. The Hall–Kier alpha value is -2.80. The maximum absolute atomic E-state index is 11.8. The summed E-state index contributed by atoms with van der Waals surface area (Å²) < 4.78 is 5.02. The number of amides is 3. The van der Waals surface area contributed by atoms with Crippen molar-refractivity contribution in [3.05, 3.63) is 52.4 Å². The van der Waals surface area contributed by atoms with E-state index in [1.807, 2.05) is 0 Å². The Kier molecular flexibility index (Phi) is 5.02. The Balaban J connectivity index is 1.92. The van der Waals surface area contributed by atoms with Crippen molar-refractivity contribution in [3.63, 3.8) is 0 Å². The van der Waals surface area contributed by atoms with Gasteiger partial charge in [-0.25, -0.2) is 0 Å². The first-order valence-electron chi connectivity index (χ1n) is 6.60. The van der Waals surface area contributed by atoms with Crippen molar-refractivity contribution < 1.29 is 18.8 Å². The first-order chi connectivity index (χ1) is 10.9. The minimum absolute atomic E-state index is 0.133. The van der Waals surface area contributed by atoms with Gasteiger partial charge >= 0.3 is 0 Å². The van der Waals surface area contributed by atoms with E-state index in [1.54, 1.807) is 6.92 Å². The van der Waals surface area contributed by atoms with Crippen LogP contribution in [0.1, 0.15) is 26.5 Å². The minimum Gasteiger partial charge on any atom is -0.469 e. The van der Waals surface area contributed by atoms with Crippen LogP contribution in [0.25, 0.3) is 0 Å². The number of nitrogens with two attached hydrogens (primary N) is 1. The van der Waals surface area contributed by atoms with E-state index in [1.165, 1.54) is 30.5 Å². The third kappa shape index (κ3) is 4.10. The predicted octanol–water partition coefficient (Wildman–Crippen LogP) is 1.71. The van der Waals surface area contributed by atoms with Gasteiger partial charge in [-0.1, -0.05) is 11.6 Å². The van der Waals surface area contributed by atoms with Crippen LogP contribution in [-0.2, 0) is 4.79 Å². The lowest BCUT2D eigenvalue weighted by molar-refractivity contribution is -0.115. The lowest BCUT2D eigenvalue weighted by Crippen LogP contribution is -2.33. The average molecular weight is 336 g/mol. The van der Waals surface area contributed by atoms with Crippen LogP contribution in [0.3, 0.4) is 0 Å². The van der Waals surface area contributed by atoms with Gasteiger partial charge < -0.3 is 20.8 Å². The van der Waals surface area contributed by atoms with Gasteiger partial charge in [0.25, 0.3) is 5.91 Å². The number of nitrogens with one attached hydrogen (secondary N) is 2. The Morgan fingerprint density at radius 3 is 2.52 bits per heavy atom. The lowest BCUT2D eigenvalue weighted by Gasteiger charge is -2.08. The van der Waals surface area contributed by atoms with Gasteiger partial charge in [0.15, 0.2) is 0 Å². The Morgan fingerprint density at radius 1 is 1.22 bits per heavy atom. The van der Waals surface area contributed by atoms with Gasteiger partial charge in [-0.2, -0.15) is 0 Å². The fourth-order valence-electron chi connectivity index (χ4n) is 1.87. The number of carbonyl (C=O) groups excluding carboxylic acids is 3. The summed E-state index contributed by atoms with van der Waals surface area (Å²) in [5.74, 6) is -1.04. The second-order valence-electron chi connectivity index (χ2n) is 4.68. The van der Waals surface area contributed by atoms with Crippen LogP contribution in [0.4, 0.5) is 5.69 Å². The van der Waals surface area contributed by atoms with Crippen molar-refractivity contribution in [2.45, 2.75) is 6.92 Å². The molecule has 4 N–H and O–H groups in total. The summed E-state index contributed by atoms with van der Waals surface area (Å²) in [6.45, 7) is 1.43. The number of furan rings is 1. The van der Waals surface area contributed by atoms with E-state index in [0.717, 1.165) is 0 Å². The number of primary amides is 1. The molecule has 0 atom stereocenters. The van der Waals surface area contributed by atoms with Crippen molar-refractivity contribution in [1.29, 1.82) is 0 Å². The fraction of sp³-hybridized carbons (Fsp3) is 0.133. The number of aryl methyl sites for hydroxylation is 1. The van der Waals surface area contributed by atoms with Crippen LogP contribution in [0.2, 0.25) is 5.02 Å². The van der Waals surface area contributed by atoms with E-state index in [-0.39, 0.29) is 17.1 Å². The summed E-state index contributed by atoms with van der Waals surface area (Å²) in [5, 5.41) is 5.16. The molecule has 0 spiro atoms. The molecule has 1 aromatic carbocycles. The van der Waals surface area contributed by atoms with Crippen LogP contribution in [0.5, 0.6) is 0 Å². The SMILES string of the molecule is Cc1occc1C(=O)NCC(=O)Nc1ccc(C(N)=O)c(Cl)c1.